The molecule has 17 heavy (non-hydrogen) atoms. The second kappa shape index (κ2) is 6.44. The fraction of sp³-hybridized carbons (Fsp3) is 0.308. The molecule has 4 nitrogen and oxygen atoms in total. The van der Waals surface area contributed by atoms with Gasteiger partial charge in [-0.1, -0.05) is 5.92 Å². The minimum atomic E-state index is -0.540. The highest BCUT2D eigenvalue weighted by Crippen LogP contribution is 2.26. The largest absolute Gasteiger partial charge is 0.493 e. The van der Waals surface area contributed by atoms with E-state index in [1.807, 2.05) is 0 Å². The van der Waals surface area contributed by atoms with Gasteiger partial charge in [0.15, 0.2) is 11.5 Å². The molecule has 0 fully saturated rings. The second-order valence-corrected chi connectivity index (χ2v) is 3.04. The summed E-state index contributed by atoms with van der Waals surface area (Å²) in [7, 11) is 3.10. The predicted octanol–water partition coefficient (Wildman–Crippen LogP) is 1.62. The van der Waals surface area contributed by atoms with Crippen molar-refractivity contribution in [2.45, 2.75) is 6.92 Å². The molecule has 1 aromatic rings. The van der Waals surface area contributed by atoms with Crippen LogP contribution in [0, 0.1) is 11.8 Å². The molecule has 0 spiro atoms. The van der Waals surface area contributed by atoms with Crippen LogP contribution in [-0.4, -0.2) is 26.8 Å². The minimum Gasteiger partial charge on any atom is -0.493 e. The molecule has 0 radical (unpaired) electrons. The van der Waals surface area contributed by atoms with Gasteiger partial charge < -0.3 is 14.2 Å². The Morgan fingerprint density at radius 2 is 1.94 bits per heavy atom. The number of benzene rings is 1. The van der Waals surface area contributed by atoms with E-state index in [1.54, 1.807) is 39.3 Å². The molecule has 1 aromatic carbocycles. The molecule has 1 rings (SSSR count). The number of carbonyl (C=O) groups excluding carboxylic acids is 1. The Kier molecular flexibility index (Phi) is 4.89. The number of hydrogen-bond acceptors (Lipinski definition) is 4. The maximum Gasteiger partial charge on any atom is 0.384 e. The summed E-state index contributed by atoms with van der Waals surface area (Å²) in [4.78, 5) is 11.0. The van der Waals surface area contributed by atoms with Crippen LogP contribution in [0.15, 0.2) is 18.2 Å². The highest BCUT2D eigenvalue weighted by atomic mass is 16.5. The fourth-order valence-electron chi connectivity index (χ4n) is 1.20. The lowest BCUT2D eigenvalue weighted by Gasteiger charge is -2.06. The van der Waals surface area contributed by atoms with Crippen LogP contribution >= 0.6 is 0 Å². The summed E-state index contributed by atoms with van der Waals surface area (Å²) in [5, 5.41) is 0. The molecule has 0 aliphatic carbocycles. The summed E-state index contributed by atoms with van der Waals surface area (Å²) < 4.78 is 14.9. The van der Waals surface area contributed by atoms with Crippen molar-refractivity contribution < 1.29 is 19.0 Å². The molecule has 0 heterocycles. The number of methoxy groups -OCH3 is 2. The van der Waals surface area contributed by atoms with Crippen molar-refractivity contribution in [1.29, 1.82) is 0 Å². The van der Waals surface area contributed by atoms with Crippen LogP contribution in [0.2, 0.25) is 0 Å². The van der Waals surface area contributed by atoms with E-state index in [0.29, 0.717) is 23.7 Å². The lowest BCUT2D eigenvalue weighted by Crippen LogP contribution is -1.99. The Bertz CT molecular complexity index is 454. The van der Waals surface area contributed by atoms with E-state index in [9.17, 15) is 4.79 Å². The Hall–Kier alpha value is -2.15. The molecule has 4 heteroatoms. The highest BCUT2D eigenvalue weighted by molar-refractivity contribution is 5.89. The van der Waals surface area contributed by atoms with Gasteiger partial charge in [0.1, 0.15) is 0 Å². The summed E-state index contributed by atoms with van der Waals surface area (Å²) in [6, 6.07) is 5.17. The molecule has 0 N–H and O–H groups in total. The lowest BCUT2D eigenvalue weighted by atomic mass is 10.2. The van der Waals surface area contributed by atoms with E-state index >= 15 is 0 Å². The number of carbonyl (C=O) groups is 1. The van der Waals surface area contributed by atoms with Crippen LogP contribution in [0.4, 0.5) is 0 Å². The zero-order valence-electron chi connectivity index (χ0n) is 10.1. The molecule has 0 unspecified atom stereocenters. The number of esters is 1. The molecular formula is C13H14O4. The van der Waals surface area contributed by atoms with Gasteiger partial charge in [0.05, 0.1) is 20.8 Å². The summed E-state index contributed by atoms with van der Waals surface area (Å²) in [5.41, 5.74) is 0.663. The molecule has 0 bridgehead atoms. The van der Waals surface area contributed by atoms with Gasteiger partial charge in [-0.2, -0.15) is 0 Å². The summed E-state index contributed by atoms with van der Waals surface area (Å²) in [6.07, 6.45) is 0. The molecule has 0 amide bonds. The quantitative estimate of drug-likeness (QED) is 0.589. The van der Waals surface area contributed by atoms with Crippen molar-refractivity contribution in [2.24, 2.45) is 0 Å². The summed E-state index contributed by atoms with van der Waals surface area (Å²) in [6.45, 7) is 2.05. The van der Waals surface area contributed by atoms with Gasteiger partial charge in [-0.25, -0.2) is 4.79 Å². The van der Waals surface area contributed by atoms with Crippen molar-refractivity contribution in [2.75, 3.05) is 20.8 Å². The average Bonchev–Trinajstić information content (AvgIpc) is 2.36. The van der Waals surface area contributed by atoms with Gasteiger partial charge in [-0.15, -0.1) is 0 Å². The van der Waals surface area contributed by atoms with Gasteiger partial charge in [-0.3, -0.25) is 0 Å². The van der Waals surface area contributed by atoms with Crippen LogP contribution < -0.4 is 9.47 Å². The van der Waals surface area contributed by atoms with Gasteiger partial charge >= 0.3 is 5.97 Å². The first-order valence-electron chi connectivity index (χ1n) is 5.12. The van der Waals surface area contributed by atoms with Crippen LogP contribution in [0.5, 0.6) is 11.5 Å². The highest BCUT2D eigenvalue weighted by Gasteiger charge is 2.03. The minimum absolute atomic E-state index is 0.319. The van der Waals surface area contributed by atoms with Crippen molar-refractivity contribution >= 4 is 5.97 Å². The molecule has 0 saturated heterocycles. The maximum absolute atomic E-state index is 11.0. The normalized spacial score (nSPS) is 8.88. The van der Waals surface area contributed by atoms with Crippen molar-refractivity contribution in [1.82, 2.24) is 0 Å². The zero-order chi connectivity index (χ0) is 12.7. The number of ether oxygens (including phenoxy) is 3. The topological polar surface area (TPSA) is 44.8 Å². The van der Waals surface area contributed by atoms with E-state index in [0.717, 1.165) is 0 Å². The number of hydrogen-bond donors (Lipinski definition) is 0. The Morgan fingerprint density at radius 3 is 2.53 bits per heavy atom. The lowest BCUT2D eigenvalue weighted by molar-refractivity contribution is -0.136. The van der Waals surface area contributed by atoms with E-state index in [4.69, 9.17) is 14.2 Å². The zero-order valence-corrected chi connectivity index (χ0v) is 10.1. The van der Waals surface area contributed by atoms with Gasteiger partial charge in [0, 0.05) is 11.5 Å². The molecule has 0 aliphatic rings. The maximum atomic E-state index is 11.0. The van der Waals surface area contributed by atoms with E-state index in [1.165, 1.54) is 0 Å². The Labute approximate surface area is 100 Å². The molecule has 0 saturated carbocycles. The molecule has 0 aromatic heterocycles. The van der Waals surface area contributed by atoms with Crippen LogP contribution in [-0.2, 0) is 9.53 Å². The molecular weight excluding hydrogens is 220 g/mol. The van der Waals surface area contributed by atoms with E-state index in [-0.39, 0.29) is 0 Å². The SMILES string of the molecule is CCOC(=O)C#Cc1ccc(OC)c(OC)c1. The monoisotopic (exact) mass is 234 g/mol. The standard InChI is InChI=1S/C13H14O4/c1-4-17-13(14)8-6-10-5-7-11(15-2)12(9-10)16-3/h5,7,9H,4H2,1-3H3. The van der Waals surface area contributed by atoms with Crippen LogP contribution in [0.1, 0.15) is 12.5 Å². The van der Waals surface area contributed by atoms with E-state index in [2.05, 4.69) is 11.8 Å². The molecule has 0 aliphatic heterocycles. The number of rotatable bonds is 3. The van der Waals surface area contributed by atoms with E-state index < -0.39 is 5.97 Å². The first-order chi connectivity index (χ1) is 8.21. The Morgan fingerprint density at radius 1 is 1.24 bits per heavy atom. The first-order valence-corrected chi connectivity index (χ1v) is 5.12. The summed E-state index contributed by atoms with van der Waals surface area (Å²) >= 11 is 0. The van der Waals surface area contributed by atoms with Crippen LogP contribution in [0.25, 0.3) is 0 Å². The molecule has 90 valence electrons. The fourth-order valence-corrected chi connectivity index (χ4v) is 1.20. The smallest absolute Gasteiger partial charge is 0.384 e. The van der Waals surface area contributed by atoms with Crippen LogP contribution in [0.3, 0.4) is 0 Å². The third kappa shape index (κ3) is 3.72. The molecule has 0 atom stereocenters. The average molecular weight is 234 g/mol. The van der Waals surface area contributed by atoms with Crippen molar-refractivity contribution in [3.05, 3.63) is 23.8 Å². The van der Waals surface area contributed by atoms with Crippen molar-refractivity contribution in [3.8, 4) is 23.3 Å². The first kappa shape index (κ1) is 12.9. The third-order valence-electron chi connectivity index (χ3n) is 1.97. The van der Waals surface area contributed by atoms with Crippen molar-refractivity contribution in [3.63, 3.8) is 0 Å². The van der Waals surface area contributed by atoms with Gasteiger partial charge in [0.25, 0.3) is 0 Å². The Balaban J connectivity index is 2.89. The third-order valence-corrected chi connectivity index (χ3v) is 1.97. The van der Waals surface area contributed by atoms with Gasteiger partial charge in [0.2, 0.25) is 0 Å². The predicted molar refractivity (Wildman–Crippen MR) is 63.1 cm³/mol. The summed E-state index contributed by atoms with van der Waals surface area (Å²) in [5.74, 6) is 5.73. The van der Waals surface area contributed by atoms with Gasteiger partial charge in [-0.05, 0) is 25.1 Å². The second-order valence-electron chi connectivity index (χ2n) is 3.04.